The molecule has 1 unspecified atom stereocenters. The number of benzene rings is 1. The van der Waals surface area contributed by atoms with Crippen LogP contribution in [0.5, 0.6) is 11.5 Å². The minimum Gasteiger partial charge on any atom is -0.469 e. The van der Waals surface area contributed by atoms with E-state index in [1.54, 1.807) is 24.2 Å². The molecule has 33 heavy (non-hydrogen) atoms. The van der Waals surface area contributed by atoms with Gasteiger partial charge in [0.15, 0.2) is 0 Å². The predicted octanol–water partition coefficient (Wildman–Crippen LogP) is 4.37. The van der Waals surface area contributed by atoms with Crippen LogP contribution in [-0.4, -0.2) is 59.1 Å². The Morgan fingerprint density at radius 3 is 2.94 bits per heavy atom. The second kappa shape index (κ2) is 9.84. The summed E-state index contributed by atoms with van der Waals surface area (Å²) in [7, 11) is 1.41. The Labute approximate surface area is 196 Å². The summed E-state index contributed by atoms with van der Waals surface area (Å²) in [5.74, 6) is 1.95. The van der Waals surface area contributed by atoms with Crippen LogP contribution < -0.4 is 10.1 Å². The number of hydrogen-bond donors (Lipinski definition) is 2. The van der Waals surface area contributed by atoms with Gasteiger partial charge in [0.1, 0.15) is 16.5 Å². The molecule has 0 saturated carbocycles. The van der Waals surface area contributed by atoms with Gasteiger partial charge in [0.05, 0.1) is 42.7 Å². The lowest BCUT2D eigenvalue weighted by Gasteiger charge is -2.24. The van der Waals surface area contributed by atoms with E-state index in [1.165, 1.54) is 7.11 Å². The van der Waals surface area contributed by atoms with Crippen LogP contribution >= 0.6 is 11.8 Å². The molecule has 0 bridgehead atoms. The number of rotatable bonds is 7. The van der Waals surface area contributed by atoms with Gasteiger partial charge in [-0.05, 0) is 37.1 Å². The van der Waals surface area contributed by atoms with Crippen molar-refractivity contribution in [3.8, 4) is 11.5 Å². The molecule has 3 aromatic rings. The van der Waals surface area contributed by atoms with Gasteiger partial charge in [0, 0.05) is 42.7 Å². The number of ether oxygens (including phenoxy) is 3. The number of nitrogens with one attached hydrogen (secondary N) is 2. The first kappa shape index (κ1) is 21.8. The molecule has 2 aliphatic rings. The Morgan fingerprint density at radius 2 is 2.15 bits per heavy atom. The molecule has 2 aromatic heterocycles. The normalized spacial score (nSPS) is 18.8. The van der Waals surface area contributed by atoms with Gasteiger partial charge in [-0.3, -0.25) is 14.8 Å². The van der Waals surface area contributed by atoms with Crippen LogP contribution in [0.3, 0.4) is 0 Å². The van der Waals surface area contributed by atoms with E-state index in [0.717, 1.165) is 64.9 Å². The van der Waals surface area contributed by atoms with Crippen LogP contribution in [0.1, 0.15) is 25.0 Å². The molecular weight excluding hydrogens is 440 g/mol. The third-order valence-electron chi connectivity index (χ3n) is 5.73. The highest BCUT2D eigenvalue weighted by molar-refractivity contribution is 8.14. The summed E-state index contributed by atoms with van der Waals surface area (Å²) in [5, 5.41) is 5.62. The Kier molecular flexibility index (Phi) is 6.50. The Balaban J connectivity index is 1.46. The molecule has 1 fully saturated rings. The minimum atomic E-state index is -0.234. The lowest BCUT2D eigenvalue weighted by atomic mass is 10.1. The molecule has 2 N–H and O–H groups in total. The molecule has 1 atom stereocenters. The van der Waals surface area contributed by atoms with Crippen LogP contribution in [0.4, 0.5) is 5.69 Å². The summed E-state index contributed by atoms with van der Waals surface area (Å²) in [5.41, 5.74) is 2.94. The maximum atomic E-state index is 11.6. The van der Waals surface area contributed by atoms with Crippen LogP contribution in [0.25, 0.3) is 10.9 Å². The number of H-pyrrole nitrogens is 1. The van der Waals surface area contributed by atoms with Crippen LogP contribution in [0.2, 0.25) is 0 Å². The van der Waals surface area contributed by atoms with Crippen molar-refractivity contribution in [2.45, 2.75) is 31.3 Å². The van der Waals surface area contributed by atoms with Gasteiger partial charge < -0.3 is 24.5 Å². The van der Waals surface area contributed by atoms with Gasteiger partial charge in [-0.15, -0.1) is 11.8 Å². The zero-order valence-electron chi connectivity index (χ0n) is 18.4. The van der Waals surface area contributed by atoms with Crippen molar-refractivity contribution in [3.05, 3.63) is 48.4 Å². The summed E-state index contributed by atoms with van der Waals surface area (Å²) in [4.78, 5) is 24.1. The third-order valence-corrected chi connectivity index (χ3v) is 6.88. The smallest absolute Gasteiger partial charge is 0.307 e. The number of hydrogen-bond acceptors (Lipinski definition) is 8. The number of aliphatic imine (C=N–C) groups is 1. The molecule has 2 aliphatic heterocycles. The van der Waals surface area contributed by atoms with E-state index >= 15 is 0 Å². The first-order valence-electron chi connectivity index (χ1n) is 11.0. The van der Waals surface area contributed by atoms with E-state index in [0.29, 0.717) is 18.2 Å². The van der Waals surface area contributed by atoms with Crippen molar-refractivity contribution < 1.29 is 19.0 Å². The van der Waals surface area contributed by atoms with Crippen LogP contribution in [0, 0.1) is 0 Å². The van der Waals surface area contributed by atoms with Crippen molar-refractivity contribution in [3.63, 3.8) is 0 Å². The number of methoxy groups -OCH3 is 1. The monoisotopic (exact) mass is 466 g/mol. The van der Waals surface area contributed by atoms with Gasteiger partial charge in [0.2, 0.25) is 0 Å². The Hall–Kier alpha value is -3.04. The summed E-state index contributed by atoms with van der Waals surface area (Å²) in [6.07, 6.45) is 5.64. The number of aromatic nitrogens is 2. The Bertz CT molecular complexity index is 1160. The van der Waals surface area contributed by atoms with E-state index < -0.39 is 0 Å². The highest BCUT2D eigenvalue weighted by Gasteiger charge is 2.24. The van der Waals surface area contributed by atoms with E-state index in [4.69, 9.17) is 19.2 Å². The fraction of sp³-hybridized carbons (Fsp3) is 0.375. The molecule has 0 radical (unpaired) electrons. The molecule has 172 valence electrons. The highest BCUT2D eigenvalue weighted by Crippen LogP contribution is 2.35. The number of fused-ring (bicyclic) bond motifs is 1. The number of esters is 1. The number of carbonyl (C=O) groups excluding carboxylic acids is 1. The maximum Gasteiger partial charge on any atom is 0.307 e. The largest absolute Gasteiger partial charge is 0.469 e. The average Bonchev–Trinajstić information content (AvgIpc) is 3.47. The number of thioether (sulfide) groups is 1. The topological polar surface area (TPSA) is 97.8 Å². The average molecular weight is 467 g/mol. The van der Waals surface area contributed by atoms with Crippen molar-refractivity contribution in [1.82, 2.24) is 9.97 Å². The lowest BCUT2D eigenvalue weighted by molar-refractivity contribution is -0.140. The van der Waals surface area contributed by atoms with E-state index in [9.17, 15) is 4.79 Å². The summed E-state index contributed by atoms with van der Waals surface area (Å²) in [6, 6.07) is 10.1. The maximum absolute atomic E-state index is 11.6. The quantitative estimate of drug-likeness (QED) is 0.499. The number of pyridine rings is 1. The zero-order valence-corrected chi connectivity index (χ0v) is 19.2. The fourth-order valence-corrected chi connectivity index (χ4v) is 5.08. The second-order valence-electron chi connectivity index (χ2n) is 8.12. The van der Waals surface area contributed by atoms with E-state index in [-0.39, 0.29) is 12.0 Å². The number of aromatic amines is 1. The zero-order chi connectivity index (χ0) is 22.6. The number of nitrogens with zero attached hydrogens (tertiary/aromatic N) is 2. The minimum absolute atomic E-state index is 0.0619. The molecule has 0 spiro atoms. The Morgan fingerprint density at radius 1 is 1.27 bits per heavy atom. The SMILES string of the molecule is COC(=O)CC1CSC(c2cc3cc(Oc4cccnc4)cc(NC4CCOCC4)c3[nH]2)=N1. The van der Waals surface area contributed by atoms with Crippen LogP contribution in [-0.2, 0) is 14.3 Å². The molecule has 0 amide bonds. The van der Waals surface area contributed by atoms with Gasteiger partial charge in [0.25, 0.3) is 0 Å². The summed E-state index contributed by atoms with van der Waals surface area (Å²) < 4.78 is 16.4. The van der Waals surface area contributed by atoms with E-state index in [1.807, 2.05) is 24.3 Å². The first-order chi connectivity index (χ1) is 16.2. The van der Waals surface area contributed by atoms with Crippen molar-refractivity contribution in [2.24, 2.45) is 4.99 Å². The van der Waals surface area contributed by atoms with Crippen molar-refractivity contribution in [2.75, 3.05) is 31.4 Å². The number of carbonyl (C=O) groups is 1. The van der Waals surface area contributed by atoms with Gasteiger partial charge in [-0.25, -0.2) is 0 Å². The molecular formula is C24H26N4O4S. The van der Waals surface area contributed by atoms with Crippen molar-refractivity contribution in [1.29, 1.82) is 0 Å². The molecule has 1 aromatic carbocycles. The third kappa shape index (κ3) is 5.15. The van der Waals surface area contributed by atoms with Gasteiger partial charge >= 0.3 is 5.97 Å². The van der Waals surface area contributed by atoms with Gasteiger partial charge in [-0.2, -0.15) is 0 Å². The first-order valence-corrected chi connectivity index (χ1v) is 12.0. The predicted molar refractivity (Wildman–Crippen MR) is 129 cm³/mol. The molecule has 0 aliphatic carbocycles. The molecule has 8 nitrogen and oxygen atoms in total. The molecule has 5 rings (SSSR count). The van der Waals surface area contributed by atoms with Crippen LogP contribution in [0.15, 0.2) is 47.7 Å². The standard InChI is InChI=1S/C24H26N4O4S/c1-30-22(29)11-17-14-33-24(27-17)21-10-15-9-19(32-18-3-2-6-25-13-18)12-20(23(15)28-21)26-16-4-7-31-8-5-16/h2-3,6,9-10,12-13,16-17,26,28H,4-5,7-8,11,14H2,1H3. The highest BCUT2D eigenvalue weighted by atomic mass is 32.2. The molecule has 1 saturated heterocycles. The van der Waals surface area contributed by atoms with Gasteiger partial charge in [-0.1, -0.05) is 0 Å². The summed E-state index contributed by atoms with van der Waals surface area (Å²) in [6.45, 7) is 1.52. The second-order valence-corrected chi connectivity index (χ2v) is 9.13. The molecule has 4 heterocycles. The summed E-state index contributed by atoms with van der Waals surface area (Å²) >= 11 is 1.65. The number of anilines is 1. The van der Waals surface area contributed by atoms with E-state index in [2.05, 4.69) is 21.4 Å². The van der Waals surface area contributed by atoms with Crippen molar-refractivity contribution >= 4 is 39.4 Å². The lowest BCUT2D eigenvalue weighted by Crippen LogP contribution is -2.27. The molecule has 9 heteroatoms. The fourth-order valence-electron chi connectivity index (χ4n) is 4.05.